The van der Waals surface area contributed by atoms with Crippen LogP contribution < -0.4 is 10.1 Å². The van der Waals surface area contributed by atoms with Crippen molar-refractivity contribution in [2.45, 2.75) is 19.4 Å². The number of hydrogen-bond acceptors (Lipinski definition) is 2. The summed E-state index contributed by atoms with van der Waals surface area (Å²) in [5.41, 5.74) is 2.39. The topological polar surface area (TPSA) is 38.3 Å². The van der Waals surface area contributed by atoms with Gasteiger partial charge in [0, 0.05) is 12.5 Å². The van der Waals surface area contributed by atoms with Crippen LogP contribution in [0.5, 0.6) is 5.75 Å². The summed E-state index contributed by atoms with van der Waals surface area (Å²) >= 11 is 0. The lowest BCUT2D eigenvalue weighted by molar-refractivity contribution is -0.119. The van der Waals surface area contributed by atoms with Gasteiger partial charge in [0.1, 0.15) is 5.75 Å². The molecule has 2 aromatic carbocycles. The highest BCUT2D eigenvalue weighted by Crippen LogP contribution is 2.42. The van der Waals surface area contributed by atoms with Gasteiger partial charge in [-0.2, -0.15) is 0 Å². The molecule has 0 radical (unpaired) electrons. The lowest BCUT2D eigenvalue weighted by Crippen LogP contribution is -2.25. The normalized spacial score (nSPS) is 16.9. The van der Waals surface area contributed by atoms with Crippen LogP contribution in [0.15, 0.2) is 30.3 Å². The van der Waals surface area contributed by atoms with E-state index >= 15 is 0 Å². The minimum absolute atomic E-state index is 0.00753. The highest BCUT2D eigenvalue weighted by atomic mass is 16.5. The van der Waals surface area contributed by atoms with E-state index in [4.69, 9.17) is 4.74 Å². The molecule has 0 spiro atoms. The van der Waals surface area contributed by atoms with Gasteiger partial charge in [0.05, 0.1) is 13.2 Å². The van der Waals surface area contributed by atoms with Crippen molar-refractivity contribution in [2.75, 3.05) is 7.11 Å². The smallest absolute Gasteiger partial charge is 0.217 e. The van der Waals surface area contributed by atoms with Crippen LogP contribution in [0.25, 0.3) is 10.8 Å². The van der Waals surface area contributed by atoms with Crippen molar-refractivity contribution in [2.24, 2.45) is 0 Å². The standard InChI is InChI=1S/C15H15NO2/c1-9(17)16-12-8-11-5-3-4-10-6-7-13(18-2)15(12)14(10)11/h3-7,12H,8H2,1-2H3,(H,16,17). The number of methoxy groups -OCH3 is 1. The first-order chi connectivity index (χ1) is 8.70. The first-order valence-corrected chi connectivity index (χ1v) is 6.06. The second-order valence-corrected chi connectivity index (χ2v) is 4.65. The number of ether oxygens (including phenoxy) is 1. The third-order valence-electron chi connectivity index (χ3n) is 3.50. The van der Waals surface area contributed by atoms with Crippen LogP contribution in [0, 0.1) is 0 Å². The molecule has 0 aromatic heterocycles. The molecule has 0 fully saturated rings. The Morgan fingerprint density at radius 1 is 1.33 bits per heavy atom. The molecule has 1 aliphatic carbocycles. The van der Waals surface area contributed by atoms with E-state index in [0.29, 0.717) is 0 Å². The maximum atomic E-state index is 11.3. The van der Waals surface area contributed by atoms with Crippen LogP contribution in [-0.4, -0.2) is 13.0 Å². The molecule has 3 heteroatoms. The Bertz CT molecular complexity index is 634. The SMILES string of the molecule is COc1ccc2cccc3c2c1C(NC(C)=O)C3. The second kappa shape index (κ2) is 4.02. The number of carbonyl (C=O) groups is 1. The molecule has 0 saturated heterocycles. The van der Waals surface area contributed by atoms with Crippen molar-refractivity contribution in [3.8, 4) is 5.75 Å². The Balaban J connectivity index is 2.23. The van der Waals surface area contributed by atoms with Gasteiger partial charge in [-0.3, -0.25) is 4.79 Å². The quantitative estimate of drug-likeness (QED) is 0.877. The van der Waals surface area contributed by atoms with Gasteiger partial charge in [-0.1, -0.05) is 24.3 Å². The summed E-state index contributed by atoms with van der Waals surface area (Å²) in [4.78, 5) is 11.3. The molecule has 1 N–H and O–H groups in total. The summed E-state index contributed by atoms with van der Waals surface area (Å²) in [6.45, 7) is 1.55. The van der Waals surface area contributed by atoms with Crippen molar-refractivity contribution < 1.29 is 9.53 Å². The monoisotopic (exact) mass is 241 g/mol. The third kappa shape index (κ3) is 1.55. The molecule has 0 aliphatic heterocycles. The van der Waals surface area contributed by atoms with Gasteiger partial charge in [0.25, 0.3) is 0 Å². The average molecular weight is 241 g/mol. The minimum Gasteiger partial charge on any atom is -0.496 e. The van der Waals surface area contributed by atoms with Crippen LogP contribution in [0.4, 0.5) is 0 Å². The summed E-state index contributed by atoms with van der Waals surface area (Å²) < 4.78 is 5.44. The van der Waals surface area contributed by atoms with E-state index in [1.165, 1.54) is 16.3 Å². The van der Waals surface area contributed by atoms with Crippen molar-refractivity contribution >= 4 is 16.7 Å². The number of nitrogens with one attached hydrogen (secondary N) is 1. The molecule has 0 bridgehead atoms. The predicted octanol–water partition coefficient (Wildman–Crippen LogP) is 2.58. The van der Waals surface area contributed by atoms with E-state index in [-0.39, 0.29) is 11.9 Å². The minimum atomic E-state index is -0.00753. The molecule has 18 heavy (non-hydrogen) atoms. The fourth-order valence-corrected chi connectivity index (χ4v) is 2.85. The summed E-state index contributed by atoms with van der Waals surface area (Å²) in [6, 6.07) is 10.3. The van der Waals surface area contributed by atoms with Crippen molar-refractivity contribution in [3.05, 3.63) is 41.5 Å². The summed E-state index contributed by atoms with van der Waals surface area (Å²) in [6.07, 6.45) is 0.840. The highest BCUT2D eigenvalue weighted by molar-refractivity contribution is 5.94. The fraction of sp³-hybridized carbons (Fsp3) is 0.267. The van der Waals surface area contributed by atoms with Gasteiger partial charge < -0.3 is 10.1 Å². The molecule has 0 saturated carbocycles. The van der Waals surface area contributed by atoms with Gasteiger partial charge >= 0.3 is 0 Å². The number of rotatable bonds is 2. The maximum absolute atomic E-state index is 11.3. The zero-order valence-electron chi connectivity index (χ0n) is 10.5. The van der Waals surface area contributed by atoms with E-state index in [1.54, 1.807) is 14.0 Å². The third-order valence-corrected chi connectivity index (χ3v) is 3.50. The average Bonchev–Trinajstić information content (AvgIpc) is 2.70. The van der Waals surface area contributed by atoms with Gasteiger partial charge in [-0.05, 0) is 28.8 Å². The zero-order chi connectivity index (χ0) is 12.7. The molecule has 1 amide bonds. The molecule has 2 aromatic rings. The Morgan fingerprint density at radius 2 is 2.17 bits per heavy atom. The van der Waals surface area contributed by atoms with Crippen LogP contribution >= 0.6 is 0 Å². The van der Waals surface area contributed by atoms with Crippen molar-refractivity contribution in [3.63, 3.8) is 0 Å². The molecule has 1 aliphatic rings. The maximum Gasteiger partial charge on any atom is 0.217 e. The van der Waals surface area contributed by atoms with E-state index < -0.39 is 0 Å². The Labute approximate surface area is 106 Å². The molecule has 92 valence electrons. The van der Waals surface area contributed by atoms with E-state index in [1.807, 2.05) is 6.07 Å². The summed E-state index contributed by atoms with van der Waals surface area (Å²) in [7, 11) is 1.67. The first-order valence-electron chi connectivity index (χ1n) is 6.06. The molecule has 3 rings (SSSR count). The second-order valence-electron chi connectivity index (χ2n) is 4.65. The van der Waals surface area contributed by atoms with Gasteiger partial charge in [0.15, 0.2) is 0 Å². The highest BCUT2D eigenvalue weighted by Gasteiger charge is 2.28. The molecular formula is C15H15NO2. The Kier molecular flexibility index (Phi) is 2.47. The van der Waals surface area contributed by atoms with Crippen LogP contribution in [0.3, 0.4) is 0 Å². The van der Waals surface area contributed by atoms with Crippen LogP contribution in [0.1, 0.15) is 24.1 Å². The fourth-order valence-electron chi connectivity index (χ4n) is 2.85. The van der Waals surface area contributed by atoms with Gasteiger partial charge in [0.2, 0.25) is 5.91 Å². The Morgan fingerprint density at radius 3 is 2.89 bits per heavy atom. The lowest BCUT2D eigenvalue weighted by Gasteiger charge is -2.15. The lowest BCUT2D eigenvalue weighted by atomic mass is 10.0. The molecular weight excluding hydrogens is 226 g/mol. The van der Waals surface area contributed by atoms with E-state index in [2.05, 4.69) is 29.6 Å². The summed E-state index contributed by atoms with van der Waals surface area (Å²) in [5.74, 6) is 0.845. The van der Waals surface area contributed by atoms with Gasteiger partial charge in [-0.25, -0.2) is 0 Å². The van der Waals surface area contributed by atoms with Crippen molar-refractivity contribution in [1.29, 1.82) is 0 Å². The van der Waals surface area contributed by atoms with Gasteiger partial charge in [-0.15, -0.1) is 0 Å². The Hall–Kier alpha value is -2.03. The van der Waals surface area contributed by atoms with E-state index in [0.717, 1.165) is 17.7 Å². The number of benzene rings is 2. The molecule has 1 unspecified atom stereocenters. The number of carbonyl (C=O) groups excluding carboxylic acids is 1. The predicted molar refractivity (Wildman–Crippen MR) is 70.8 cm³/mol. The molecule has 3 nitrogen and oxygen atoms in total. The summed E-state index contributed by atoms with van der Waals surface area (Å²) in [5, 5.41) is 5.44. The van der Waals surface area contributed by atoms with E-state index in [9.17, 15) is 4.79 Å². The zero-order valence-corrected chi connectivity index (χ0v) is 10.5. The number of amides is 1. The first kappa shape index (κ1) is 11.1. The van der Waals surface area contributed by atoms with Crippen LogP contribution in [0.2, 0.25) is 0 Å². The largest absolute Gasteiger partial charge is 0.496 e. The van der Waals surface area contributed by atoms with Crippen LogP contribution in [-0.2, 0) is 11.2 Å². The molecule has 0 heterocycles. The number of hydrogen-bond donors (Lipinski definition) is 1. The van der Waals surface area contributed by atoms with Crippen molar-refractivity contribution in [1.82, 2.24) is 5.32 Å². The molecule has 1 atom stereocenters.